The molecule has 3 nitrogen and oxygen atoms in total. The van der Waals surface area contributed by atoms with E-state index in [1.807, 2.05) is 7.05 Å². The minimum Gasteiger partial charge on any atom is -0.339 e. The Kier molecular flexibility index (Phi) is 5.16. The molecule has 0 radical (unpaired) electrons. The molecule has 1 amide bonds. The number of amides is 1. The highest BCUT2D eigenvalue weighted by Crippen LogP contribution is 2.36. The topological polar surface area (TPSA) is 32.3 Å². The Morgan fingerprint density at radius 3 is 2.29 bits per heavy atom. The van der Waals surface area contributed by atoms with Crippen molar-refractivity contribution >= 4 is 17.7 Å². The van der Waals surface area contributed by atoms with Gasteiger partial charge in [-0.1, -0.05) is 0 Å². The van der Waals surface area contributed by atoms with Gasteiger partial charge in [-0.05, 0) is 55.9 Å². The summed E-state index contributed by atoms with van der Waals surface area (Å²) in [6.07, 6.45) is 1.79. The summed E-state index contributed by atoms with van der Waals surface area (Å²) in [5.41, 5.74) is -3.87. The Morgan fingerprint density at radius 2 is 1.81 bits per heavy atom. The zero-order chi connectivity index (χ0) is 15.5. The summed E-state index contributed by atoms with van der Waals surface area (Å²) < 4.78 is 36.7. The molecule has 0 saturated carbocycles. The number of nitrogens with one attached hydrogen (secondary N) is 1. The van der Waals surface area contributed by atoms with E-state index >= 15 is 0 Å². The molecule has 0 atom stereocenters. The third kappa shape index (κ3) is 4.64. The number of likely N-dealkylation sites (tertiary alicyclic amines) is 1. The quantitative estimate of drug-likeness (QED) is 0.869. The van der Waals surface area contributed by atoms with Crippen LogP contribution in [0.3, 0.4) is 0 Å². The fraction of sp³-hybridized carbons (Fsp3) is 0.500. The molecule has 1 aliphatic heterocycles. The number of carbonyl (C=O) groups is 1. The van der Waals surface area contributed by atoms with Gasteiger partial charge in [-0.25, -0.2) is 0 Å². The number of hydrogen-bond acceptors (Lipinski definition) is 3. The van der Waals surface area contributed by atoms with Crippen LogP contribution in [0.25, 0.3) is 0 Å². The molecule has 7 heteroatoms. The molecule has 0 unspecified atom stereocenters. The van der Waals surface area contributed by atoms with Crippen LogP contribution < -0.4 is 5.32 Å². The van der Waals surface area contributed by atoms with Crippen LogP contribution in [0, 0.1) is 0 Å². The van der Waals surface area contributed by atoms with E-state index in [1.165, 1.54) is 24.3 Å². The third-order valence-electron chi connectivity index (χ3n) is 3.53. The number of piperidine rings is 1. The van der Waals surface area contributed by atoms with Gasteiger partial charge in [0.1, 0.15) is 0 Å². The van der Waals surface area contributed by atoms with E-state index in [0.717, 1.165) is 12.8 Å². The van der Waals surface area contributed by atoms with Gasteiger partial charge < -0.3 is 10.2 Å². The van der Waals surface area contributed by atoms with E-state index in [9.17, 15) is 18.0 Å². The molecule has 1 heterocycles. The third-order valence-corrected chi connectivity index (χ3v) is 4.26. The lowest BCUT2D eigenvalue weighted by Gasteiger charge is -2.31. The van der Waals surface area contributed by atoms with Crippen LogP contribution in [-0.4, -0.2) is 42.5 Å². The van der Waals surface area contributed by atoms with E-state index in [0.29, 0.717) is 24.7 Å². The first kappa shape index (κ1) is 16.2. The van der Waals surface area contributed by atoms with E-state index in [4.69, 9.17) is 0 Å². The van der Waals surface area contributed by atoms with Crippen molar-refractivity contribution in [2.24, 2.45) is 0 Å². The molecular formula is C14H17F3N2OS. The number of rotatable bonds is 3. The standard InChI is InChI=1S/C14H17F3N2OS/c1-18-11-6-8-19(9-7-11)13(20)10-2-4-12(5-3-10)21-14(15,16)17/h2-5,11,18H,6-9H2,1H3. The average molecular weight is 318 g/mol. The summed E-state index contributed by atoms with van der Waals surface area (Å²) in [7, 11) is 1.90. The van der Waals surface area contributed by atoms with E-state index in [2.05, 4.69) is 5.32 Å². The van der Waals surface area contributed by atoms with Crippen molar-refractivity contribution in [3.63, 3.8) is 0 Å². The maximum absolute atomic E-state index is 12.3. The summed E-state index contributed by atoms with van der Waals surface area (Å²) in [5.74, 6) is -0.117. The molecule has 0 bridgehead atoms. The Labute approximate surface area is 125 Å². The highest BCUT2D eigenvalue weighted by atomic mass is 32.2. The Hall–Kier alpha value is -1.21. The lowest BCUT2D eigenvalue weighted by Crippen LogP contribution is -2.43. The molecule has 2 rings (SSSR count). The largest absolute Gasteiger partial charge is 0.446 e. The predicted molar refractivity (Wildman–Crippen MR) is 76.3 cm³/mol. The van der Waals surface area contributed by atoms with Crippen molar-refractivity contribution in [3.05, 3.63) is 29.8 Å². The van der Waals surface area contributed by atoms with Crippen LogP contribution in [0.4, 0.5) is 13.2 Å². The second kappa shape index (κ2) is 6.70. The molecular weight excluding hydrogens is 301 g/mol. The number of hydrogen-bond donors (Lipinski definition) is 1. The summed E-state index contributed by atoms with van der Waals surface area (Å²) in [5, 5.41) is 3.19. The maximum Gasteiger partial charge on any atom is 0.446 e. The van der Waals surface area contributed by atoms with Crippen LogP contribution in [-0.2, 0) is 0 Å². The molecule has 21 heavy (non-hydrogen) atoms. The van der Waals surface area contributed by atoms with Gasteiger partial charge in [0.25, 0.3) is 5.91 Å². The van der Waals surface area contributed by atoms with Crippen LogP contribution in [0.2, 0.25) is 0 Å². The molecule has 1 saturated heterocycles. The first-order valence-electron chi connectivity index (χ1n) is 6.71. The molecule has 1 aromatic carbocycles. The Bertz CT molecular complexity index is 482. The lowest BCUT2D eigenvalue weighted by molar-refractivity contribution is -0.0328. The number of benzene rings is 1. The number of nitrogens with zero attached hydrogens (tertiary/aromatic N) is 1. The van der Waals surface area contributed by atoms with Gasteiger partial charge >= 0.3 is 5.51 Å². The molecule has 0 aliphatic carbocycles. The Morgan fingerprint density at radius 1 is 1.24 bits per heavy atom. The number of alkyl halides is 3. The van der Waals surface area contributed by atoms with Crippen molar-refractivity contribution in [2.75, 3.05) is 20.1 Å². The van der Waals surface area contributed by atoms with Crippen LogP contribution >= 0.6 is 11.8 Å². The molecule has 1 aliphatic rings. The summed E-state index contributed by atoms with van der Waals surface area (Å²) in [6.45, 7) is 1.34. The van der Waals surface area contributed by atoms with Crippen molar-refractivity contribution in [2.45, 2.75) is 29.3 Å². The summed E-state index contributed by atoms with van der Waals surface area (Å²) in [6, 6.07) is 6.03. The van der Waals surface area contributed by atoms with Crippen molar-refractivity contribution in [1.82, 2.24) is 10.2 Å². The fourth-order valence-corrected chi connectivity index (χ4v) is 2.89. The summed E-state index contributed by atoms with van der Waals surface area (Å²) in [4.78, 5) is 14.1. The van der Waals surface area contributed by atoms with E-state index in [-0.39, 0.29) is 22.6 Å². The van der Waals surface area contributed by atoms with Crippen LogP contribution in [0.1, 0.15) is 23.2 Å². The minimum atomic E-state index is -4.30. The minimum absolute atomic E-state index is 0.0907. The van der Waals surface area contributed by atoms with Gasteiger partial charge in [-0.2, -0.15) is 13.2 Å². The van der Waals surface area contributed by atoms with Gasteiger partial charge in [0.05, 0.1) is 0 Å². The lowest BCUT2D eigenvalue weighted by atomic mass is 10.0. The van der Waals surface area contributed by atoms with Gasteiger partial charge in [0, 0.05) is 29.6 Å². The fourth-order valence-electron chi connectivity index (χ4n) is 2.35. The van der Waals surface area contributed by atoms with Crippen LogP contribution in [0.15, 0.2) is 29.2 Å². The van der Waals surface area contributed by atoms with Crippen molar-refractivity contribution < 1.29 is 18.0 Å². The first-order valence-corrected chi connectivity index (χ1v) is 7.53. The molecule has 116 valence electrons. The molecule has 1 N–H and O–H groups in total. The molecule has 1 fully saturated rings. The SMILES string of the molecule is CNC1CCN(C(=O)c2ccc(SC(F)(F)F)cc2)CC1. The molecule has 0 spiro atoms. The highest BCUT2D eigenvalue weighted by Gasteiger charge is 2.29. The second-order valence-electron chi connectivity index (χ2n) is 4.93. The smallest absolute Gasteiger partial charge is 0.339 e. The van der Waals surface area contributed by atoms with Crippen LogP contribution in [0.5, 0.6) is 0 Å². The molecule has 1 aromatic rings. The highest BCUT2D eigenvalue weighted by molar-refractivity contribution is 8.00. The second-order valence-corrected chi connectivity index (χ2v) is 6.07. The Balaban J connectivity index is 1.97. The molecule has 0 aromatic heterocycles. The number of halogens is 3. The summed E-state index contributed by atoms with van der Waals surface area (Å²) >= 11 is -0.173. The normalized spacial score (nSPS) is 17.0. The zero-order valence-corrected chi connectivity index (χ0v) is 12.4. The van der Waals surface area contributed by atoms with Gasteiger partial charge in [0.15, 0.2) is 0 Å². The van der Waals surface area contributed by atoms with Gasteiger partial charge in [-0.15, -0.1) is 0 Å². The van der Waals surface area contributed by atoms with Crippen molar-refractivity contribution in [3.8, 4) is 0 Å². The monoisotopic (exact) mass is 318 g/mol. The van der Waals surface area contributed by atoms with Crippen molar-refractivity contribution in [1.29, 1.82) is 0 Å². The van der Waals surface area contributed by atoms with Gasteiger partial charge in [-0.3, -0.25) is 4.79 Å². The van der Waals surface area contributed by atoms with Gasteiger partial charge in [0.2, 0.25) is 0 Å². The zero-order valence-electron chi connectivity index (χ0n) is 11.6. The number of thioether (sulfide) groups is 1. The van der Waals surface area contributed by atoms with E-state index < -0.39 is 5.51 Å². The average Bonchev–Trinajstić information content (AvgIpc) is 2.46. The van der Waals surface area contributed by atoms with E-state index in [1.54, 1.807) is 4.90 Å². The first-order chi connectivity index (χ1) is 9.89. The number of carbonyl (C=O) groups excluding carboxylic acids is 1. The predicted octanol–water partition coefficient (Wildman–Crippen LogP) is 3.12. The maximum atomic E-state index is 12.3.